The fourth-order valence-corrected chi connectivity index (χ4v) is 5.51. The highest BCUT2D eigenvalue weighted by atomic mass is 16.5. The van der Waals surface area contributed by atoms with Crippen LogP contribution in [-0.4, -0.2) is 52.0 Å². The summed E-state index contributed by atoms with van der Waals surface area (Å²) in [6.07, 6.45) is 1.57. The lowest BCUT2D eigenvalue weighted by Crippen LogP contribution is -2.38. The summed E-state index contributed by atoms with van der Waals surface area (Å²) in [7, 11) is 4.76. The van der Waals surface area contributed by atoms with Gasteiger partial charge in [-0.2, -0.15) is 0 Å². The van der Waals surface area contributed by atoms with E-state index < -0.39 is 11.8 Å². The Labute approximate surface area is 230 Å². The Morgan fingerprint density at radius 2 is 1.54 bits per heavy atom. The highest BCUT2D eigenvalue weighted by Gasteiger charge is 2.45. The minimum absolute atomic E-state index is 0.0292. The lowest BCUT2D eigenvalue weighted by molar-refractivity contribution is -0.146. The Morgan fingerprint density at radius 3 is 2.21 bits per heavy atom. The number of Topliss-reactive ketones (excluding diaryl/α,β-unsaturated/α-hetero) is 1. The molecule has 1 aliphatic carbocycles. The Kier molecular flexibility index (Phi) is 8.94. The molecule has 2 aromatic rings. The van der Waals surface area contributed by atoms with Crippen LogP contribution < -0.4 is 18.9 Å². The maximum absolute atomic E-state index is 13.9. The Hall–Kier alpha value is -3.81. The molecule has 0 N–H and O–H groups in total. The van der Waals surface area contributed by atoms with Crippen LogP contribution in [0.2, 0.25) is 0 Å². The normalized spacial score (nSPS) is 20.6. The molecule has 3 atom stereocenters. The standard InChI is InChI=1S/C31H37NO7/c1-7-13-39-31(34)28-18(3)32-22-14-21(19-9-11-24(35-4)26(16-19)36-5)15-23(33)30(22)29(28)20-10-12-25(38-8-2)27(17-20)37-6/h9-12,16-17,21,28-29H,7-8,13-15H2,1-6H3/t21-,28?,29+/m0/s1. The van der Waals surface area contributed by atoms with Gasteiger partial charge in [0, 0.05) is 29.3 Å². The van der Waals surface area contributed by atoms with E-state index in [1.807, 2.05) is 57.2 Å². The maximum atomic E-state index is 13.9. The van der Waals surface area contributed by atoms with Gasteiger partial charge in [-0.25, -0.2) is 0 Å². The summed E-state index contributed by atoms with van der Waals surface area (Å²) in [5.74, 6) is 0.667. The number of carbonyl (C=O) groups is 2. The van der Waals surface area contributed by atoms with Gasteiger partial charge in [0.05, 0.1) is 34.5 Å². The number of nitrogens with zero attached hydrogens (tertiary/aromatic N) is 1. The van der Waals surface area contributed by atoms with Gasteiger partial charge in [0.2, 0.25) is 0 Å². The Morgan fingerprint density at radius 1 is 0.897 bits per heavy atom. The minimum Gasteiger partial charge on any atom is -0.493 e. The summed E-state index contributed by atoms with van der Waals surface area (Å²) < 4.78 is 27.8. The van der Waals surface area contributed by atoms with Gasteiger partial charge < -0.3 is 23.7 Å². The van der Waals surface area contributed by atoms with E-state index in [0.29, 0.717) is 72.5 Å². The molecule has 8 heteroatoms. The van der Waals surface area contributed by atoms with Crippen molar-refractivity contribution in [2.24, 2.45) is 10.9 Å². The minimum atomic E-state index is -0.709. The summed E-state index contributed by atoms with van der Waals surface area (Å²) in [5.41, 5.74) is 3.67. The molecule has 0 fully saturated rings. The fourth-order valence-electron chi connectivity index (χ4n) is 5.51. The van der Waals surface area contributed by atoms with Crippen molar-refractivity contribution in [3.8, 4) is 23.0 Å². The molecule has 208 valence electrons. The third kappa shape index (κ3) is 5.65. The number of hydrogen-bond donors (Lipinski definition) is 0. The molecule has 1 heterocycles. The van der Waals surface area contributed by atoms with Gasteiger partial charge in [0.15, 0.2) is 28.8 Å². The zero-order valence-electron chi connectivity index (χ0n) is 23.5. The second-order valence-electron chi connectivity index (χ2n) is 9.72. The van der Waals surface area contributed by atoms with Crippen molar-refractivity contribution in [1.29, 1.82) is 0 Å². The van der Waals surface area contributed by atoms with Crippen molar-refractivity contribution in [1.82, 2.24) is 0 Å². The molecule has 8 nitrogen and oxygen atoms in total. The van der Waals surface area contributed by atoms with E-state index in [4.69, 9.17) is 28.7 Å². The molecule has 0 saturated heterocycles. The third-order valence-electron chi connectivity index (χ3n) is 7.32. The molecule has 1 unspecified atom stereocenters. The SMILES string of the molecule is CCCOC(=O)C1C(C)=NC2=C(C(=O)C[C@@H](c3ccc(OC)c(OC)c3)C2)[C@@H]1c1ccc(OCC)c(OC)c1. The van der Waals surface area contributed by atoms with Crippen molar-refractivity contribution in [3.05, 3.63) is 58.8 Å². The molecule has 1 aliphatic heterocycles. The van der Waals surface area contributed by atoms with Gasteiger partial charge in [-0.15, -0.1) is 0 Å². The molecule has 2 aromatic carbocycles. The predicted molar refractivity (Wildman–Crippen MR) is 148 cm³/mol. The first kappa shape index (κ1) is 28.2. The molecule has 39 heavy (non-hydrogen) atoms. The first-order valence-electron chi connectivity index (χ1n) is 13.4. The maximum Gasteiger partial charge on any atom is 0.315 e. The Bertz CT molecular complexity index is 1300. The molecular formula is C31H37NO7. The van der Waals surface area contributed by atoms with Crippen molar-refractivity contribution >= 4 is 17.5 Å². The molecule has 0 bridgehead atoms. The zero-order chi connectivity index (χ0) is 28.1. The van der Waals surface area contributed by atoms with Gasteiger partial charge in [-0.1, -0.05) is 19.1 Å². The lowest BCUT2D eigenvalue weighted by atomic mass is 9.69. The topological polar surface area (TPSA) is 92.7 Å². The molecule has 0 aromatic heterocycles. The average molecular weight is 536 g/mol. The van der Waals surface area contributed by atoms with E-state index in [0.717, 1.165) is 11.1 Å². The van der Waals surface area contributed by atoms with E-state index in [-0.39, 0.29) is 17.7 Å². The number of ether oxygens (including phenoxy) is 5. The predicted octanol–water partition coefficient (Wildman–Crippen LogP) is 5.64. The number of ketones is 1. The van der Waals surface area contributed by atoms with Gasteiger partial charge in [-0.3, -0.25) is 14.6 Å². The summed E-state index contributed by atoms with van der Waals surface area (Å²) >= 11 is 0. The number of hydrogen-bond acceptors (Lipinski definition) is 8. The smallest absolute Gasteiger partial charge is 0.315 e. The van der Waals surface area contributed by atoms with Gasteiger partial charge in [-0.05, 0) is 68.0 Å². The van der Waals surface area contributed by atoms with E-state index in [1.54, 1.807) is 21.3 Å². The highest BCUT2D eigenvalue weighted by Crippen LogP contribution is 2.48. The van der Waals surface area contributed by atoms with Crippen LogP contribution >= 0.6 is 0 Å². The van der Waals surface area contributed by atoms with Crippen molar-refractivity contribution in [2.45, 2.75) is 51.9 Å². The second-order valence-corrected chi connectivity index (χ2v) is 9.72. The van der Waals surface area contributed by atoms with Crippen LogP contribution in [-0.2, 0) is 14.3 Å². The Balaban J connectivity index is 1.79. The highest BCUT2D eigenvalue weighted by molar-refractivity contribution is 6.09. The van der Waals surface area contributed by atoms with Crippen molar-refractivity contribution in [2.75, 3.05) is 34.5 Å². The number of carbonyl (C=O) groups excluding carboxylic acids is 2. The van der Waals surface area contributed by atoms with E-state index in [2.05, 4.69) is 0 Å². The second kappa shape index (κ2) is 12.4. The van der Waals surface area contributed by atoms with Crippen LogP contribution in [0, 0.1) is 5.92 Å². The monoisotopic (exact) mass is 535 g/mol. The van der Waals surface area contributed by atoms with Crippen LogP contribution in [0.25, 0.3) is 0 Å². The van der Waals surface area contributed by atoms with Crippen LogP contribution in [0.15, 0.2) is 52.7 Å². The molecule has 0 radical (unpaired) electrons. The largest absolute Gasteiger partial charge is 0.493 e. The van der Waals surface area contributed by atoms with Crippen LogP contribution in [0.5, 0.6) is 23.0 Å². The van der Waals surface area contributed by atoms with E-state index in [1.165, 1.54) is 0 Å². The van der Waals surface area contributed by atoms with Crippen molar-refractivity contribution in [3.63, 3.8) is 0 Å². The summed E-state index contributed by atoms with van der Waals surface area (Å²) in [6.45, 7) is 6.49. The van der Waals surface area contributed by atoms with Crippen LogP contribution in [0.4, 0.5) is 0 Å². The summed E-state index contributed by atoms with van der Waals surface area (Å²) in [5, 5.41) is 0. The van der Waals surface area contributed by atoms with Gasteiger partial charge in [0.25, 0.3) is 0 Å². The summed E-state index contributed by atoms with van der Waals surface area (Å²) in [6, 6.07) is 11.3. The number of esters is 1. The molecule has 0 amide bonds. The molecule has 2 aliphatic rings. The fraction of sp³-hybridized carbons (Fsp3) is 0.452. The molecule has 0 saturated carbocycles. The molecule has 4 rings (SSSR count). The first-order chi connectivity index (χ1) is 18.9. The number of benzene rings is 2. The lowest BCUT2D eigenvalue weighted by Gasteiger charge is -2.36. The zero-order valence-corrected chi connectivity index (χ0v) is 23.5. The van der Waals surface area contributed by atoms with Crippen LogP contribution in [0.1, 0.15) is 63.0 Å². The summed E-state index contributed by atoms with van der Waals surface area (Å²) in [4.78, 5) is 32.1. The van der Waals surface area contributed by atoms with Gasteiger partial charge >= 0.3 is 5.97 Å². The third-order valence-corrected chi connectivity index (χ3v) is 7.32. The number of rotatable bonds is 10. The number of allylic oxidation sites excluding steroid dienone is 2. The van der Waals surface area contributed by atoms with Gasteiger partial charge in [0.1, 0.15) is 5.92 Å². The van der Waals surface area contributed by atoms with E-state index >= 15 is 0 Å². The average Bonchev–Trinajstić information content (AvgIpc) is 2.94. The van der Waals surface area contributed by atoms with E-state index in [9.17, 15) is 9.59 Å². The molecule has 0 spiro atoms. The van der Waals surface area contributed by atoms with Crippen molar-refractivity contribution < 1.29 is 33.3 Å². The first-order valence-corrected chi connectivity index (χ1v) is 13.4. The molecular weight excluding hydrogens is 498 g/mol. The quantitative estimate of drug-likeness (QED) is 0.364. The number of methoxy groups -OCH3 is 3. The van der Waals surface area contributed by atoms with Crippen LogP contribution in [0.3, 0.4) is 0 Å². The number of aliphatic imine (C=N–C) groups is 1.